The summed E-state index contributed by atoms with van der Waals surface area (Å²) in [6.45, 7) is 0. The molecule has 2 aromatic carbocycles. The van der Waals surface area contributed by atoms with Crippen molar-refractivity contribution in [3.05, 3.63) is 59.7 Å². The van der Waals surface area contributed by atoms with Gasteiger partial charge in [-0.3, -0.25) is 0 Å². The topological polar surface area (TPSA) is 52.0 Å². The summed E-state index contributed by atoms with van der Waals surface area (Å²) >= 11 is 0. The first kappa shape index (κ1) is 15.7. The minimum Gasteiger partial charge on any atom is -0.399 e. The normalized spacial score (nSPS) is 17.0. The van der Waals surface area contributed by atoms with Crippen LogP contribution in [0.4, 0.5) is 11.4 Å². The minimum atomic E-state index is 0. The van der Waals surface area contributed by atoms with Crippen LogP contribution in [0.1, 0.15) is 43.2 Å². The number of hydrogen-bond acceptors (Lipinski definition) is 2. The van der Waals surface area contributed by atoms with Crippen LogP contribution in [0, 0.1) is 0 Å². The molecular weight excluding hydrogens is 280 g/mol. The van der Waals surface area contributed by atoms with Gasteiger partial charge in [0.25, 0.3) is 0 Å². The minimum absolute atomic E-state index is 0. The van der Waals surface area contributed by atoms with E-state index < -0.39 is 0 Å². The highest BCUT2D eigenvalue weighted by atomic mass is 35.5. The van der Waals surface area contributed by atoms with Crippen molar-refractivity contribution >= 4 is 23.8 Å². The molecule has 112 valence electrons. The molecule has 2 nitrogen and oxygen atoms in total. The fraction of sp³-hybridized carbons (Fsp3) is 0.333. The molecule has 2 aromatic rings. The van der Waals surface area contributed by atoms with Crippen LogP contribution >= 0.6 is 12.4 Å². The second-order valence-electron chi connectivity index (χ2n) is 5.89. The molecular formula is C18H23ClN2. The van der Waals surface area contributed by atoms with E-state index in [-0.39, 0.29) is 17.8 Å². The maximum absolute atomic E-state index is 5.84. The van der Waals surface area contributed by atoms with E-state index in [1.54, 1.807) is 0 Å². The third-order valence-corrected chi connectivity index (χ3v) is 4.63. The van der Waals surface area contributed by atoms with Gasteiger partial charge >= 0.3 is 0 Å². The maximum atomic E-state index is 5.84. The van der Waals surface area contributed by atoms with Gasteiger partial charge in [-0.05, 0) is 48.2 Å². The number of nitrogen functional groups attached to an aromatic ring is 2. The highest BCUT2D eigenvalue weighted by Gasteiger charge is 2.35. The van der Waals surface area contributed by atoms with Crippen LogP contribution in [0.5, 0.6) is 0 Å². The lowest BCUT2D eigenvalue weighted by atomic mass is 9.65. The number of rotatable bonds is 2. The van der Waals surface area contributed by atoms with Crippen molar-refractivity contribution in [3.63, 3.8) is 0 Å². The number of hydrogen-bond donors (Lipinski definition) is 2. The average Bonchev–Trinajstić information content (AvgIpc) is 2.49. The summed E-state index contributed by atoms with van der Waals surface area (Å²) < 4.78 is 0. The first-order chi connectivity index (χ1) is 9.71. The van der Waals surface area contributed by atoms with E-state index in [9.17, 15) is 0 Å². The van der Waals surface area contributed by atoms with E-state index in [2.05, 4.69) is 24.3 Å². The van der Waals surface area contributed by atoms with Crippen LogP contribution in [-0.4, -0.2) is 0 Å². The number of anilines is 2. The molecule has 0 bridgehead atoms. The first-order valence-corrected chi connectivity index (χ1v) is 7.43. The van der Waals surface area contributed by atoms with Crippen LogP contribution in [0.3, 0.4) is 0 Å². The standard InChI is InChI=1S/C18H22N2.ClH/c19-16-8-4-14(5-9-16)18(12-2-1-3-13-18)15-6-10-17(20)11-7-15;/h4-11H,1-3,12-13,19-20H2;1H. The van der Waals surface area contributed by atoms with Crippen molar-refractivity contribution in [2.45, 2.75) is 37.5 Å². The lowest BCUT2D eigenvalue weighted by molar-refractivity contribution is 0.346. The van der Waals surface area contributed by atoms with Crippen molar-refractivity contribution in [1.29, 1.82) is 0 Å². The fourth-order valence-corrected chi connectivity index (χ4v) is 3.50. The predicted molar refractivity (Wildman–Crippen MR) is 92.8 cm³/mol. The van der Waals surface area contributed by atoms with Gasteiger partial charge in [0.15, 0.2) is 0 Å². The SMILES string of the molecule is Cl.Nc1ccc(C2(c3ccc(N)cc3)CCCCC2)cc1. The Labute approximate surface area is 133 Å². The lowest BCUT2D eigenvalue weighted by Gasteiger charge is -2.38. The highest BCUT2D eigenvalue weighted by molar-refractivity contribution is 5.85. The van der Waals surface area contributed by atoms with E-state index in [1.807, 2.05) is 24.3 Å². The molecule has 1 aliphatic rings. The van der Waals surface area contributed by atoms with Gasteiger partial charge in [-0.2, -0.15) is 0 Å². The molecule has 1 saturated carbocycles. The zero-order chi connectivity index (χ0) is 14.0. The second-order valence-corrected chi connectivity index (χ2v) is 5.89. The summed E-state index contributed by atoms with van der Waals surface area (Å²) in [7, 11) is 0. The van der Waals surface area contributed by atoms with Gasteiger partial charge in [-0.15, -0.1) is 12.4 Å². The Balaban J connectivity index is 0.00000161. The molecule has 1 fully saturated rings. The Morgan fingerprint density at radius 2 is 1.00 bits per heavy atom. The monoisotopic (exact) mass is 302 g/mol. The summed E-state index contributed by atoms with van der Waals surface area (Å²) in [6.07, 6.45) is 6.33. The third kappa shape index (κ3) is 3.01. The summed E-state index contributed by atoms with van der Waals surface area (Å²) in [6, 6.07) is 16.8. The van der Waals surface area contributed by atoms with Crippen molar-refractivity contribution < 1.29 is 0 Å². The summed E-state index contributed by atoms with van der Waals surface area (Å²) in [4.78, 5) is 0. The van der Waals surface area contributed by atoms with E-state index in [4.69, 9.17) is 11.5 Å². The van der Waals surface area contributed by atoms with Gasteiger partial charge in [0.1, 0.15) is 0 Å². The molecule has 21 heavy (non-hydrogen) atoms. The van der Waals surface area contributed by atoms with Crippen LogP contribution in [0.15, 0.2) is 48.5 Å². The Kier molecular flexibility index (Phi) is 4.79. The summed E-state index contributed by atoms with van der Waals surface area (Å²) in [5.74, 6) is 0. The zero-order valence-corrected chi connectivity index (χ0v) is 13.0. The Hall–Kier alpha value is -1.67. The second kappa shape index (κ2) is 6.40. The molecule has 0 spiro atoms. The molecule has 0 radical (unpaired) electrons. The molecule has 3 rings (SSSR count). The number of nitrogens with two attached hydrogens (primary N) is 2. The molecule has 0 atom stereocenters. The summed E-state index contributed by atoms with van der Waals surface area (Å²) in [5.41, 5.74) is 16.3. The molecule has 3 heteroatoms. The van der Waals surface area contributed by atoms with Crippen LogP contribution in [-0.2, 0) is 5.41 Å². The molecule has 0 unspecified atom stereocenters. The molecule has 0 aromatic heterocycles. The van der Waals surface area contributed by atoms with Gasteiger partial charge in [0, 0.05) is 16.8 Å². The van der Waals surface area contributed by atoms with Crippen LogP contribution in [0.25, 0.3) is 0 Å². The molecule has 4 N–H and O–H groups in total. The van der Waals surface area contributed by atoms with E-state index >= 15 is 0 Å². The summed E-state index contributed by atoms with van der Waals surface area (Å²) in [5, 5.41) is 0. The van der Waals surface area contributed by atoms with E-state index in [0.717, 1.165) is 11.4 Å². The van der Waals surface area contributed by atoms with Gasteiger partial charge in [0.2, 0.25) is 0 Å². The van der Waals surface area contributed by atoms with Gasteiger partial charge in [-0.1, -0.05) is 43.5 Å². The molecule has 0 aliphatic heterocycles. The molecule has 0 amide bonds. The molecule has 0 heterocycles. The lowest BCUT2D eigenvalue weighted by Crippen LogP contribution is -2.30. The van der Waals surface area contributed by atoms with Crippen LogP contribution in [0.2, 0.25) is 0 Å². The number of halogens is 1. The smallest absolute Gasteiger partial charge is 0.0314 e. The Bertz CT molecular complexity index is 522. The third-order valence-electron chi connectivity index (χ3n) is 4.63. The first-order valence-electron chi connectivity index (χ1n) is 7.43. The van der Waals surface area contributed by atoms with E-state index in [1.165, 1.54) is 43.2 Å². The van der Waals surface area contributed by atoms with Gasteiger partial charge in [-0.25, -0.2) is 0 Å². The van der Waals surface area contributed by atoms with Crippen molar-refractivity contribution in [2.24, 2.45) is 0 Å². The molecule has 1 aliphatic carbocycles. The average molecular weight is 303 g/mol. The fourth-order valence-electron chi connectivity index (χ4n) is 3.50. The Morgan fingerprint density at radius 1 is 0.619 bits per heavy atom. The van der Waals surface area contributed by atoms with Gasteiger partial charge in [0.05, 0.1) is 0 Å². The van der Waals surface area contributed by atoms with E-state index in [0.29, 0.717) is 0 Å². The quantitative estimate of drug-likeness (QED) is 0.801. The zero-order valence-electron chi connectivity index (χ0n) is 12.2. The van der Waals surface area contributed by atoms with Crippen molar-refractivity contribution in [3.8, 4) is 0 Å². The largest absolute Gasteiger partial charge is 0.399 e. The predicted octanol–water partition coefficient (Wildman–Crippen LogP) is 4.52. The molecule has 0 saturated heterocycles. The maximum Gasteiger partial charge on any atom is 0.0314 e. The van der Waals surface area contributed by atoms with Crippen LogP contribution < -0.4 is 11.5 Å². The Morgan fingerprint density at radius 3 is 1.38 bits per heavy atom. The van der Waals surface area contributed by atoms with Gasteiger partial charge < -0.3 is 11.5 Å². The van der Waals surface area contributed by atoms with Crippen molar-refractivity contribution in [2.75, 3.05) is 11.5 Å². The number of benzene rings is 2. The van der Waals surface area contributed by atoms with Crippen molar-refractivity contribution in [1.82, 2.24) is 0 Å². The highest BCUT2D eigenvalue weighted by Crippen LogP contribution is 2.45.